The van der Waals surface area contributed by atoms with Gasteiger partial charge in [-0.25, -0.2) is 0 Å². The van der Waals surface area contributed by atoms with Crippen LogP contribution >= 0.6 is 11.6 Å². The van der Waals surface area contributed by atoms with E-state index in [0.29, 0.717) is 5.69 Å². The highest BCUT2D eigenvalue weighted by molar-refractivity contribution is 6.32. The number of nitrogens with one attached hydrogen (secondary N) is 1. The summed E-state index contributed by atoms with van der Waals surface area (Å²) in [5, 5.41) is 5.84. The van der Waals surface area contributed by atoms with Crippen LogP contribution < -0.4 is 5.32 Å². The minimum atomic E-state index is -4.51. The van der Waals surface area contributed by atoms with Crippen molar-refractivity contribution in [3.8, 4) is 0 Å². The number of hydrogen-bond donors (Lipinski definition) is 1. The summed E-state index contributed by atoms with van der Waals surface area (Å²) in [6, 6.07) is -0.286. The van der Waals surface area contributed by atoms with Gasteiger partial charge in [0.1, 0.15) is 0 Å². The van der Waals surface area contributed by atoms with Gasteiger partial charge in [0.05, 0.1) is 10.7 Å². The number of nitrogens with zero attached hydrogens (tertiary/aromatic N) is 2. The van der Waals surface area contributed by atoms with Crippen molar-refractivity contribution in [1.29, 1.82) is 0 Å². The molecule has 0 spiro atoms. The molecule has 0 bridgehead atoms. The van der Waals surface area contributed by atoms with Crippen LogP contribution in [-0.4, -0.2) is 16.8 Å². The van der Waals surface area contributed by atoms with Crippen LogP contribution in [0.2, 0.25) is 5.02 Å². The third-order valence-electron chi connectivity index (χ3n) is 2.14. The van der Waals surface area contributed by atoms with E-state index in [1.165, 1.54) is 7.05 Å². The van der Waals surface area contributed by atoms with E-state index < -0.39 is 11.9 Å². The van der Waals surface area contributed by atoms with Crippen LogP contribution in [0, 0.1) is 0 Å². The molecule has 1 atom stereocenters. The Hall–Kier alpha value is -0.750. The molecule has 1 heterocycles. The zero-order valence-corrected chi connectivity index (χ0v) is 9.24. The van der Waals surface area contributed by atoms with Gasteiger partial charge in [-0.2, -0.15) is 18.3 Å². The van der Waals surface area contributed by atoms with Crippen LogP contribution in [0.5, 0.6) is 0 Å². The molecule has 0 fully saturated rings. The average Bonchev–Trinajstić information content (AvgIpc) is 2.40. The van der Waals surface area contributed by atoms with Gasteiger partial charge in [-0.05, 0) is 14.0 Å². The summed E-state index contributed by atoms with van der Waals surface area (Å²) in [4.78, 5) is 0. The first kappa shape index (κ1) is 12.3. The molecule has 0 aromatic carbocycles. The minimum absolute atomic E-state index is 0.286. The highest BCUT2D eigenvalue weighted by Crippen LogP contribution is 2.36. The lowest BCUT2D eigenvalue weighted by molar-refractivity contribution is -0.141. The fraction of sp³-hybridized carbons (Fsp3) is 0.625. The zero-order valence-electron chi connectivity index (χ0n) is 8.48. The first-order valence-electron chi connectivity index (χ1n) is 4.26. The standard InChI is InChI=1S/C8H11ClF3N3/c1-4(13-2)6-5(9)7(8(10,11)12)14-15(6)3/h4,13H,1-3H3. The second-order valence-corrected chi connectivity index (χ2v) is 3.56. The zero-order chi connectivity index (χ0) is 11.8. The van der Waals surface area contributed by atoms with E-state index in [2.05, 4.69) is 10.4 Å². The Labute approximate surface area is 90.2 Å². The number of halogens is 4. The predicted molar refractivity (Wildman–Crippen MR) is 50.7 cm³/mol. The van der Waals surface area contributed by atoms with Crippen molar-refractivity contribution in [1.82, 2.24) is 15.1 Å². The van der Waals surface area contributed by atoms with E-state index in [1.807, 2.05) is 0 Å². The van der Waals surface area contributed by atoms with E-state index in [0.717, 1.165) is 4.68 Å². The van der Waals surface area contributed by atoms with Crippen LogP contribution in [0.3, 0.4) is 0 Å². The predicted octanol–water partition coefficient (Wildman–Crippen LogP) is 2.37. The first-order valence-corrected chi connectivity index (χ1v) is 4.63. The molecule has 15 heavy (non-hydrogen) atoms. The van der Waals surface area contributed by atoms with Crippen molar-refractivity contribution < 1.29 is 13.2 Å². The van der Waals surface area contributed by atoms with Gasteiger partial charge in [0, 0.05) is 13.1 Å². The Kier molecular flexibility index (Phi) is 3.30. The van der Waals surface area contributed by atoms with Crippen LogP contribution in [0.25, 0.3) is 0 Å². The number of hydrogen-bond acceptors (Lipinski definition) is 2. The van der Waals surface area contributed by atoms with Gasteiger partial charge in [-0.15, -0.1) is 0 Å². The molecule has 1 N–H and O–H groups in total. The lowest BCUT2D eigenvalue weighted by atomic mass is 10.2. The van der Waals surface area contributed by atoms with Gasteiger partial charge in [-0.1, -0.05) is 11.6 Å². The molecule has 3 nitrogen and oxygen atoms in total. The van der Waals surface area contributed by atoms with Gasteiger partial charge in [0.25, 0.3) is 0 Å². The van der Waals surface area contributed by atoms with E-state index in [-0.39, 0.29) is 11.1 Å². The summed E-state index contributed by atoms with van der Waals surface area (Å²) in [6.07, 6.45) is -4.51. The largest absolute Gasteiger partial charge is 0.436 e. The summed E-state index contributed by atoms with van der Waals surface area (Å²) in [7, 11) is 3.07. The van der Waals surface area contributed by atoms with Crippen molar-refractivity contribution >= 4 is 11.6 Å². The van der Waals surface area contributed by atoms with Gasteiger partial charge in [0.2, 0.25) is 0 Å². The summed E-state index contributed by atoms with van der Waals surface area (Å²) < 4.78 is 38.4. The number of aromatic nitrogens is 2. The molecular weight excluding hydrogens is 231 g/mol. The maximum Gasteiger partial charge on any atom is 0.436 e. The molecule has 0 aliphatic carbocycles. The number of aryl methyl sites for hydroxylation is 1. The fourth-order valence-electron chi connectivity index (χ4n) is 1.30. The maximum atomic E-state index is 12.4. The lowest BCUT2D eigenvalue weighted by Gasteiger charge is -2.10. The highest BCUT2D eigenvalue weighted by Gasteiger charge is 2.39. The molecular formula is C8H11ClF3N3. The SMILES string of the molecule is CNC(C)c1c(Cl)c(C(F)(F)F)nn1C. The monoisotopic (exact) mass is 241 g/mol. The van der Waals surface area contributed by atoms with E-state index in [1.54, 1.807) is 14.0 Å². The van der Waals surface area contributed by atoms with Crippen LogP contribution in [0.4, 0.5) is 13.2 Å². The van der Waals surface area contributed by atoms with Crippen LogP contribution in [0.1, 0.15) is 24.4 Å². The van der Waals surface area contributed by atoms with Gasteiger partial charge in [-0.3, -0.25) is 4.68 Å². The van der Waals surface area contributed by atoms with E-state index in [9.17, 15) is 13.2 Å². The minimum Gasteiger partial charge on any atom is -0.312 e. The van der Waals surface area contributed by atoms with Gasteiger partial charge in [0.15, 0.2) is 5.69 Å². The van der Waals surface area contributed by atoms with Crippen molar-refractivity contribution in [2.75, 3.05) is 7.05 Å². The van der Waals surface area contributed by atoms with Gasteiger partial charge < -0.3 is 5.32 Å². The fourth-order valence-corrected chi connectivity index (χ4v) is 1.73. The number of alkyl halides is 3. The Morgan fingerprint density at radius 3 is 2.33 bits per heavy atom. The third-order valence-corrected chi connectivity index (χ3v) is 2.52. The van der Waals surface area contributed by atoms with Crippen LogP contribution in [0.15, 0.2) is 0 Å². The Bertz CT molecular complexity index is 359. The molecule has 86 valence electrons. The third kappa shape index (κ3) is 2.26. The summed E-state index contributed by atoms with van der Waals surface area (Å²) in [5.74, 6) is 0. The molecule has 1 rings (SSSR count). The average molecular weight is 242 g/mol. The van der Waals surface area contributed by atoms with Gasteiger partial charge >= 0.3 is 6.18 Å². The molecule has 1 aromatic heterocycles. The summed E-state index contributed by atoms with van der Waals surface area (Å²) in [5.41, 5.74) is -0.713. The molecule has 7 heteroatoms. The van der Waals surface area contributed by atoms with Crippen molar-refractivity contribution in [3.63, 3.8) is 0 Å². The maximum absolute atomic E-state index is 12.4. The second-order valence-electron chi connectivity index (χ2n) is 3.18. The summed E-state index contributed by atoms with van der Waals surface area (Å²) >= 11 is 5.64. The topological polar surface area (TPSA) is 29.9 Å². The van der Waals surface area contributed by atoms with E-state index in [4.69, 9.17) is 11.6 Å². The Balaban J connectivity index is 3.27. The van der Waals surface area contributed by atoms with Crippen molar-refractivity contribution in [3.05, 3.63) is 16.4 Å². The quantitative estimate of drug-likeness (QED) is 0.862. The first-order chi connectivity index (χ1) is 6.79. The normalized spacial score (nSPS) is 14.3. The molecule has 1 aromatic rings. The molecule has 0 radical (unpaired) electrons. The van der Waals surface area contributed by atoms with E-state index >= 15 is 0 Å². The molecule has 0 aliphatic rings. The summed E-state index contributed by atoms with van der Waals surface area (Å²) in [6.45, 7) is 1.71. The van der Waals surface area contributed by atoms with Crippen molar-refractivity contribution in [2.45, 2.75) is 19.1 Å². The Morgan fingerprint density at radius 2 is 2.00 bits per heavy atom. The highest BCUT2D eigenvalue weighted by atomic mass is 35.5. The van der Waals surface area contributed by atoms with Crippen LogP contribution in [-0.2, 0) is 13.2 Å². The lowest BCUT2D eigenvalue weighted by Crippen LogP contribution is -2.16. The smallest absolute Gasteiger partial charge is 0.312 e. The molecule has 0 saturated carbocycles. The number of rotatable bonds is 2. The molecule has 0 aliphatic heterocycles. The van der Waals surface area contributed by atoms with Crippen molar-refractivity contribution in [2.24, 2.45) is 7.05 Å². The molecule has 0 amide bonds. The molecule has 1 unspecified atom stereocenters. The second kappa shape index (κ2) is 4.02. The Morgan fingerprint density at radius 1 is 1.47 bits per heavy atom. The molecule has 0 saturated heterocycles.